The molecule has 0 atom stereocenters. The highest BCUT2D eigenvalue weighted by Gasteiger charge is 2.03. The van der Waals surface area contributed by atoms with Gasteiger partial charge in [-0.05, 0) is 42.5 Å². The molecule has 0 radical (unpaired) electrons. The molecule has 25 heavy (non-hydrogen) atoms. The largest absolute Gasteiger partial charge is 0.340 e. The zero-order valence-electron chi connectivity index (χ0n) is 13.5. The van der Waals surface area contributed by atoms with Crippen LogP contribution in [0.3, 0.4) is 0 Å². The zero-order chi connectivity index (χ0) is 17.6. The molecule has 0 fully saturated rings. The Hall–Kier alpha value is -3.12. The minimum absolute atomic E-state index is 0.124. The molecule has 1 aromatic heterocycles. The van der Waals surface area contributed by atoms with Gasteiger partial charge >= 0.3 is 0 Å². The van der Waals surface area contributed by atoms with Gasteiger partial charge in [-0.1, -0.05) is 23.7 Å². The molecule has 0 aliphatic heterocycles. The van der Waals surface area contributed by atoms with Gasteiger partial charge in [0.15, 0.2) is 0 Å². The van der Waals surface area contributed by atoms with Gasteiger partial charge < -0.3 is 16.0 Å². The summed E-state index contributed by atoms with van der Waals surface area (Å²) in [5.41, 5.74) is 2.31. The van der Waals surface area contributed by atoms with Crippen molar-refractivity contribution >= 4 is 46.3 Å². The Morgan fingerprint density at radius 3 is 2.44 bits per heavy atom. The molecule has 1 amide bonds. The van der Waals surface area contributed by atoms with Crippen LogP contribution in [0, 0.1) is 0 Å². The molecule has 7 heteroatoms. The number of hydrogen-bond donors (Lipinski definition) is 3. The molecule has 0 aliphatic rings. The number of anilines is 5. The third-order valence-corrected chi connectivity index (χ3v) is 3.43. The van der Waals surface area contributed by atoms with Crippen LogP contribution in [-0.2, 0) is 4.79 Å². The average molecular weight is 354 g/mol. The van der Waals surface area contributed by atoms with Gasteiger partial charge in [0.2, 0.25) is 11.9 Å². The van der Waals surface area contributed by atoms with Gasteiger partial charge in [-0.15, -0.1) is 0 Å². The highest BCUT2D eigenvalue weighted by atomic mass is 35.5. The Morgan fingerprint density at radius 1 is 0.960 bits per heavy atom. The van der Waals surface area contributed by atoms with E-state index in [1.807, 2.05) is 48.5 Å². The van der Waals surface area contributed by atoms with E-state index in [2.05, 4.69) is 25.9 Å². The minimum atomic E-state index is -0.124. The topological polar surface area (TPSA) is 78.9 Å². The molecule has 126 valence electrons. The van der Waals surface area contributed by atoms with Crippen LogP contribution >= 0.6 is 11.6 Å². The van der Waals surface area contributed by atoms with Crippen LogP contribution in [0.4, 0.5) is 28.8 Å². The summed E-state index contributed by atoms with van der Waals surface area (Å²) in [4.78, 5) is 19.8. The van der Waals surface area contributed by atoms with Crippen LogP contribution in [0.5, 0.6) is 0 Å². The molecule has 3 rings (SSSR count). The summed E-state index contributed by atoms with van der Waals surface area (Å²) in [6.45, 7) is 1.47. The lowest BCUT2D eigenvalue weighted by atomic mass is 10.2. The molecule has 6 nitrogen and oxygen atoms in total. The Morgan fingerprint density at radius 2 is 1.68 bits per heavy atom. The summed E-state index contributed by atoms with van der Waals surface area (Å²) in [6.07, 6.45) is 1.65. The normalized spacial score (nSPS) is 10.2. The van der Waals surface area contributed by atoms with Gasteiger partial charge in [0, 0.05) is 35.2 Å². The summed E-state index contributed by atoms with van der Waals surface area (Å²) < 4.78 is 0. The summed E-state index contributed by atoms with van der Waals surface area (Å²) in [7, 11) is 0. The molecule has 0 bridgehead atoms. The number of benzene rings is 2. The first-order valence-electron chi connectivity index (χ1n) is 7.59. The van der Waals surface area contributed by atoms with Gasteiger partial charge in [0.05, 0.1) is 0 Å². The van der Waals surface area contributed by atoms with E-state index >= 15 is 0 Å². The number of nitrogens with zero attached hydrogens (tertiary/aromatic N) is 2. The van der Waals surface area contributed by atoms with Gasteiger partial charge in [0.1, 0.15) is 5.82 Å². The summed E-state index contributed by atoms with van der Waals surface area (Å²) in [6, 6.07) is 16.5. The monoisotopic (exact) mass is 353 g/mol. The van der Waals surface area contributed by atoms with E-state index < -0.39 is 0 Å². The minimum Gasteiger partial charge on any atom is -0.340 e. The van der Waals surface area contributed by atoms with E-state index in [0.717, 1.165) is 11.4 Å². The fourth-order valence-corrected chi connectivity index (χ4v) is 2.40. The van der Waals surface area contributed by atoms with Crippen LogP contribution in [0.25, 0.3) is 0 Å². The van der Waals surface area contributed by atoms with Crippen molar-refractivity contribution in [2.24, 2.45) is 0 Å². The van der Waals surface area contributed by atoms with Gasteiger partial charge in [-0.25, -0.2) is 4.98 Å². The molecular weight excluding hydrogens is 338 g/mol. The van der Waals surface area contributed by atoms with E-state index in [1.165, 1.54) is 6.92 Å². The van der Waals surface area contributed by atoms with Crippen molar-refractivity contribution in [2.45, 2.75) is 6.92 Å². The van der Waals surface area contributed by atoms with Crippen LogP contribution in [0.15, 0.2) is 60.8 Å². The molecule has 0 saturated heterocycles. The molecule has 2 aromatic carbocycles. The average Bonchev–Trinajstić information content (AvgIpc) is 2.55. The first kappa shape index (κ1) is 16.7. The van der Waals surface area contributed by atoms with Crippen LogP contribution < -0.4 is 16.0 Å². The maximum Gasteiger partial charge on any atom is 0.229 e. The molecule has 0 unspecified atom stereocenters. The number of halogens is 1. The Bertz CT molecular complexity index is 900. The SMILES string of the molecule is CC(=O)Nc1cccc(Nc2nccc(Nc3cccc(Cl)c3)n2)c1. The molecule has 3 aromatic rings. The van der Waals surface area contributed by atoms with Crippen molar-refractivity contribution in [3.8, 4) is 0 Å². The van der Waals surface area contributed by atoms with Crippen molar-refractivity contribution in [2.75, 3.05) is 16.0 Å². The molecule has 1 heterocycles. The van der Waals surface area contributed by atoms with E-state index in [4.69, 9.17) is 11.6 Å². The van der Waals surface area contributed by atoms with Crippen LogP contribution in [0.2, 0.25) is 5.02 Å². The number of carbonyl (C=O) groups excluding carboxylic acids is 1. The quantitative estimate of drug-likeness (QED) is 0.626. The number of amides is 1. The summed E-state index contributed by atoms with van der Waals surface area (Å²) >= 11 is 5.99. The number of nitrogens with one attached hydrogen (secondary N) is 3. The second kappa shape index (κ2) is 7.63. The van der Waals surface area contributed by atoms with Gasteiger partial charge in [0.25, 0.3) is 0 Å². The van der Waals surface area contributed by atoms with E-state index in [9.17, 15) is 4.79 Å². The second-order valence-corrected chi connectivity index (χ2v) is 5.72. The molecule has 0 aliphatic carbocycles. The zero-order valence-corrected chi connectivity index (χ0v) is 14.2. The number of rotatable bonds is 5. The molecule has 0 spiro atoms. The Labute approximate surface area is 150 Å². The standard InChI is InChI=1S/C18H16ClN5O/c1-12(25)21-15-6-3-7-16(11-15)23-18-20-9-8-17(24-18)22-14-5-2-4-13(19)10-14/h2-11H,1H3,(H,21,25)(H2,20,22,23,24). The van der Waals surface area contributed by atoms with Crippen molar-refractivity contribution in [1.82, 2.24) is 9.97 Å². The van der Waals surface area contributed by atoms with Gasteiger partial charge in [-0.3, -0.25) is 4.79 Å². The molecule has 3 N–H and O–H groups in total. The van der Waals surface area contributed by atoms with Crippen molar-refractivity contribution in [3.63, 3.8) is 0 Å². The highest BCUT2D eigenvalue weighted by molar-refractivity contribution is 6.30. The van der Waals surface area contributed by atoms with Crippen LogP contribution in [0.1, 0.15) is 6.92 Å². The first-order valence-corrected chi connectivity index (χ1v) is 7.96. The van der Waals surface area contributed by atoms with Crippen LogP contribution in [-0.4, -0.2) is 15.9 Å². The summed E-state index contributed by atoms with van der Waals surface area (Å²) in [5, 5.41) is 9.67. The van der Waals surface area contributed by atoms with Crippen molar-refractivity contribution < 1.29 is 4.79 Å². The number of hydrogen-bond acceptors (Lipinski definition) is 5. The fraction of sp³-hybridized carbons (Fsp3) is 0.0556. The first-order chi connectivity index (χ1) is 12.1. The number of aromatic nitrogens is 2. The van der Waals surface area contributed by atoms with E-state index in [0.29, 0.717) is 22.5 Å². The van der Waals surface area contributed by atoms with E-state index in [-0.39, 0.29) is 5.91 Å². The highest BCUT2D eigenvalue weighted by Crippen LogP contribution is 2.21. The Balaban J connectivity index is 1.74. The van der Waals surface area contributed by atoms with Crippen molar-refractivity contribution in [1.29, 1.82) is 0 Å². The van der Waals surface area contributed by atoms with E-state index in [1.54, 1.807) is 12.3 Å². The predicted molar refractivity (Wildman–Crippen MR) is 101 cm³/mol. The van der Waals surface area contributed by atoms with Crippen molar-refractivity contribution in [3.05, 3.63) is 65.8 Å². The van der Waals surface area contributed by atoms with Gasteiger partial charge in [-0.2, -0.15) is 4.98 Å². The smallest absolute Gasteiger partial charge is 0.229 e. The maximum absolute atomic E-state index is 11.2. The fourth-order valence-electron chi connectivity index (χ4n) is 2.21. The lowest BCUT2D eigenvalue weighted by molar-refractivity contribution is -0.114. The second-order valence-electron chi connectivity index (χ2n) is 5.29. The number of carbonyl (C=O) groups is 1. The lowest BCUT2D eigenvalue weighted by Gasteiger charge is -2.10. The Kier molecular flexibility index (Phi) is 5.11. The lowest BCUT2D eigenvalue weighted by Crippen LogP contribution is -2.06. The predicted octanol–water partition coefficient (Wildman–Crippen LogP) is 4.58. The molecular formula is C18H16ClN5O. The molecule has 0 saturated carbocycles. The third-order valence-electron chi connectivity index (χ3n) is 3.19. The maximum atomic E-state index is 11.2. The summed E-state index contributed by atoms with van der Waals surface area (Å²) in [5.74, 6) is 0.950. The third kappa shape index (κ3) is 4.92.